The molecule has 1 amide bonds. The van der Waals surface area contributed by atoms with Gasteiger partial charge >= 0.3 is 0 Å². The number of nitrogens with zero attached hydrogens (tertiary/aromatic N) is 2. The topological polar surface area (TPSA) is 76.1 Å². The fraction of sp³-hybridized carbons (Fsp3) is 0.292. The second-order valence-corrected chi connectivity index (χ2v) is 7.64. The molecular weight excluding hydrogens is 414 g/mol. The monoisotopic (exact) mass is 438 g/mol. The van der Waals surface area contributed by atoms with Gasteiger partial charge in [0.2, 0.25) is 0 Å². The van der Waals surface area contributed by atoms with Crippen LogP contribution in [0.3, 0.4) is 0 Å². The van der Waals surface area contributed by atoms with Crippen LogP contribution in [0.15, 0.2) is 54.7 Å². The SMILES string of the molecule is COc1ccccc1C(=O)NC(c1nccc(-c2cccc(F)c2F)n1)C1CCNCC1. The summed E-state index contributed by atoms with van der Waals surface area (Å²) in [4.78, 5) is 22.0. The van der Waals surface area contributed by atoms with Crippen molar-refractivity contribution < 1.29 is 18.3 Å². The minimum atomic E-state index is -0.964. The van der Waals surface area contributed by atoms with Gasteiger partial charge in [0.15, 0.2) is 17.5 Å². The summed E-state index contributed by atoms with van der Waals surface area (Å²) >= 11 is 0. The largest absolute Gasteiger partial charge is 0.496 e. The van der Waals surface area contributed by atoms with Crippen LogP contribution in [0.2, 0.25) is 0 Å². The molecule has 6 nitrogen and oxygen atoms in total. The van der Waals surface area contributed by atoms with E-state index >= 15 is 0 Å². The first-order chi connectivity index (χ1) is 15.6. The van der Waals surface area contributed by atoms with E-state index in [9.17, 15) is 13.6 Å². The van der Waals surface area contributed by atoms with Crippen LogP contribution >= 0.6 is 0 Å². The van der Waals surface area contributed by atoms with Crippen molar-refractivity contribution in [1.82, 2.24) is 20.6 Å². The van der Waals surface area contributed by atoms with Gasteiger partial charge in [-0.15, -0.1) is 0 Å². The molecule has 2 aromatic carbocycles. The minimum absolute atomic E-state index is 0.0498. The van der Waals surface area contributed by atoms with Crippen molar-refractivity contribution in [2.24, 2.45) is 5.92 Å². The molecule has 2 heterocycles. The number of benzene rings is 2. The quantitative estimate of drug-likeness (QED) is 0.611. The molecule has 0 spiro atoms. The first-order valence-corrected chi connectivity index (χ1v) is 10.5. The van der Waals surface area contributed by atoms with Crippen LogP contribution in [0.1, 0.15) is 35.1 Å². The molecule has 0 radical (unpaired) electrons. The predicted molar refractivity (Wildman–Crippen MR) is 116 cm³/mol. The average molecular weight is 438 g/mol. The lowest BCUT2D eigenvalue weighted by molar-refractivity contribution is 0.0907. The maximum absolute atomic E-state index is 14.4. The van der Waals surface area contributed by atoms with Crippen molar-refractivity contribution in [3.05, 3.63) is 77.8 Å². The lowest BCUT2D eigenvalue weighted by Gasteiger charge is -2.30. The zero-order chi connectivity index (χ0) is 22.5. The highest BCUT2D eigenvalue weighted by Gasteiger charge is 2.30. The summed E-state index contributed by atoms with van der Waals surface area (Å²) in [6.45, 7) is 1.62. The lowest BCUT2D eigenvalue weighted by atomic mass is 9.89. The summed E-state index contributed by atoms with van der Waals surface area (Å²) in [6, 6.07) is 12.0. The zero-order valence-corrected chi connectivity index (χ0v) is 17.6. The number of para-hydroxylation sites is 1. The molecule has 1 unspecified atom stereocenters. The molecule has 1 aliphatic heterocycles. The molecule has 2 N–H and O–H groups in total. The van der Waals surface area contributed by atoms with E-state index in [1.165, 1.54) is 31.5 Å². The molecule has 0 bridgehead atoms. The van der Waals surface area contributed by atoms with Gasteiger partial charge in [-0.2, -0.15) is 0 Å². The van der Waals surface area contributed by atoms with Crippen molar-refractivity contribution in [1.29, 1.82) is 0 Å². The number of hydrogen-bond acceptors (Lipinski definition) is 5. The molecule has 166 valence electrons. The highest BCUT2D eigenvalue weighted by atomic mass is 19.2. The third-order valence-electron chi connectivity index (χ3n) is 5.67. The van der Waals surface area contributed by atoms with Gasteiger partial charge in [-0.1, -0.05) is 18.2 Å². The Morgan fingerprint density at radius 1 is 1.12 bits per heavy atom. The van der Waals surface area contributed by atoms with Crippen molar-refractivity contribution in [3.63, 3.8) is 0 Å². The van der Waals surface area contributed by atoms with Crippen LogP contribution in [-0.2, 0) is 0 Å². The number of aromatic nitrogens is 2. The smallest absolute Gasteiger partial charge is 0.255 e. The average Bonchev–Trinajstić information content (AvgIpc) is 2.84. The van der Waals surface area contributed by atoms with Gasteiger partial charge in [-0.3, -0.25) is 4.79 Å². The Bertz CT molecular complexity index is 1100. The van der Waals surface area contributed by atoms with Crippen LogP contribution in [0.4, 0.5) is 8.78 Å². The summed E-state index contributed by atoms with van der Waals surface area (Å²) in [7, 11) is 1.51. The molecule has 1 aliphatic rings. The van der Waals surface area contributed by atoms with E-state index in [-0.39, 0.29) is 23.1 Å². The maximum Gasteiger partial charge on any atom is 0.255 e. The molecule has 32 heavy (non-hydrogen) atoms. The van der Waals surface area contributed by atoms with Gasteiger partial charge in [-0.25, -0.2) is 18.7 Å². The van der Waals surface area contributed by atoms with Gasteiger partial charge in [0.1, 0.15) is 5.75 Å². The van der Waals surface area contributed by atoms with Crippen molar-refractivity contribution in [2.75, 3.05) is 20.2 Å². The Hall–Kier alpha value is -3.39. The third kappa shape index (κ3) is 4.60. The van der Waals surface area contributed by atoms with Crippen LogP contribution < -0.4 is 15.4 Å². The molecule has 1 fully saturated rings. The highest BCUT2D eigenvalue weighted by molar-refractivity contribution is 5.97. The van der Waals surface area contributed by atoms with Gasteiger partial charge in [0, 0.05) is 11.8 Å². The molecule has 0 saturated carbocycles. The van der Waals surface area contributed by atoms with Crippen LogP contribution in [0.25, 0.3) is 11.3 Å². The van der Waals surface area contributed by atoms with E-state index in [0.29, 0.717) is 17.1 Å². The number of methoxy groups -OCH3 is 1. The molecule has 1 aromatic heterocycles. The van der Waals surface area contributed by atoms with Crippen LogP contribution in [0.5, 0.6) is 5.75 Å². The molecule has 0 aliphatic carbocycles. The van der Waals surface area contributed by atoms with Gasteiger partial charge in [-0.05, 0) is 62.2 Å². The van der Waals surface area contributed by atoms with Crippen molar-refractivity contribution in [2.45, 2.75) is 18.9 Å². The first kappa shape index (κ1) is 21.8. The van der Waals surface area contributed by atoms with E-state index in [1.807, 2.05) is 0 Å². The Labute approximate surface area is 185 Å². The summed E-state index contributed by atoms with van der Waals surface area (Å²) in [6.07, 6.45) is 3.14. The van der Waals surface area contributed by atoms with E-state index in [4.69, 9.17) is 4.74 Å². The third-order valence-corrected chi connectivity index (χ3v) is 5.67. The Kier molecular flexibility index (Phi) is 6.70. The number of rotatable bonds is 6. The zero-order valence-electron chi connectivity index (χ0n) is 17.6. The van der Waals surface area contributed by atoms with Gasteiger partial charge in [0.25, 0.3) is 5.91 Å². The molecule has 4 rings (SSSR count). The highest BCUT2D eigenvalue weighted by Crippen LogP contribution is 2.30. The minimum Gasteiger partial charge on any atom is -0.496 e. The Morgan fingerprint density at radius 2 is 1.91 bits per heavy atom. The maximum atomic E-state index is 14.4. The van der Waals surface area contributed by atoms with Crippen molar-refractivity contribution >= 4 is 5.91 Å². The fourth-order valence-electron chi connectivity index (χ4n) is 4.00. The van der Waals surface area contributed by atoms with E-state index in [1.54, 1.807) is 24.3 Å². The van der Waals surface area contributed by atoms with Crippen LogP contribution in [0, 0.1) is 17.6 Å². The van der Waals surface area contributed by atoms with E-state index < -0.39 is 17.7 Å². The summed E-state index contributed by atoms with van der Waals surface area (Å²) < 4.78 is 33.4. The van der Waals surface area contributed by atoms with Gasteiger partial charge in [0.05, 0.1) is 24.4 Å². The summed E-state index contributed by atoms with van der Waals surface area (Å²) in [5, 5.41) is 6.37. The van der Waals surface area contributed by atoms with E-state index in [0.717, 1.165) is 32.0 Å². The second-order valence-electron chi connectivity index (χ2n) is 7.64. The number of nitrogens with one attached hydrogen (secondary N) is 2. The Morgan fingerprint density at radius 3 is 2.69 bits per heavy atom. The number of halogens is 2. The number of amides is 1. The number of carbonyl (C=O) groups is 1. The normalized spacial score (nSPS) is 15.2. The van der Waals surface area contributed by atoms with Crippen LogP contribution in [-0.4, -0.2) is 36.1 Å². The van der Waals surface area contributed by atoms with Crippen molar-refractivity contribution in [3.8, 4) is 17.0 Å². The summed E-state index contributed by atoms with van der Waals surface area (Å²) in [5.74, 6) is -1.30. The number of ether oxygens (including phenoxy) is 1. The number of hydrogen-bond donors (Lipinski definition) is 2. The fourth-order valence-corrected chi connectivity index (χ4v) is 4.00. The van der Waals surface area contributed by atoms with E-state index in [2.05, 4.69) is 20.6 Å². The summed E-state index contributed by atoms with van der Waals surface area (Å²) in [5.41, 5.74) is 0.715. The first-order valence-electron chi connectivity index (χ1n) is 10.5. The molecular formula is C24H24F2N4O2. The molecule has 1 saturated heterocycles. The number of piperidine rings is 1. The Balaban J connectivity index is 1.69. The van der Waals surface area contributed by atoms with Gasteiger partial charge < -0.3 is 15.4 Å². The molecule has 3 aromatic rings. The predicted octanol–water partition coefficient (Wildman–Crippen LogP) is 3.90. The number of carbonyl (C=O) groups excluding carboxylic acids is 1. The second kappa shape index (κ2) is 9.82. The lowest BCUT2D eigenvalue weighted by Crippen LogP contribution is -2.39. The molecule has 1 atom stereocenters. The standard InChI is InChI=1S/C24H24F2N4O2/c1-32-20-8-3-2-5-17(20)24(31)30-22(15-9-12-27-13-10-15)23-28-14-11-19(29-23)16-6-4-7-18(25)21(16)26/h2-8,11,14-15,22,27H,9-10,12-13H2,1H3,(H,30,31). The molecule has 8 heteroatoms.